The quantitative estimate of drug-likeness (QED) is 0.729. The fourth-order valence-electron chi connectivity index (χ4n) is 2.00. The first-order valence-electron chi connectivity index (χ1n) is 5.77. The van der Waals surface area contributed by atoms with Crippen LogP contribution in [-0.2, 0) is 5.88 Å². The average molecular weight is 264 g/mol. The normalized spacial score (nSPS) is 10.4. The fourth-order valence-corrected chi connectivity index (χ4v) is 2.22. The third-order valence-electron chi connectivity index (χ3n) is 2.95. The standard InChI is InChI=1S/C15H15ClFN/c1-11-7-8-14(12(9-11)10-16)18(2)15-6-4-3-5-13(15)17/h3-9H,10H2,1-2H3. The second-order valence-corrected chi connectivity index (χ2v) is 4.54. The van der Waals surface area contributed by atoms with Crippen molar-refractivity contribution in [2.24, 2.45) is 0 Å². The number of benzene rings is 2. The molecule has 0 aliphatic carbocycles. The minimum atomic E-state index is -0.235. The zero-order valence-corrected chi connectivity index (χ0v) is 11.2. The maximum absolute atomic E-state index is 13.8. The molecular weight excluding hydrogens is 249 g/mol. The summed E-state index contributed by atoms with van der Waals surface area (Å²) in [5.41, 5.74) is 3.63. The molecule has 0 heterocycles. The first kappa shape index (κ1) is 12.9. The van der Waals surface area contributed by atoms with Gasteiger partial charge in [0.05, 0.1) is 5.69 Å². The fraction of sp³-hybridized carbons (Fsp3) is 0.200. The van der Waals surface area contributed by atoms with Gasteiger partial charge in [-0.2, -0.15) is 0 Å². The number of anilines is 2. The molecule has 0 atom stereocenters. The van der Waals surface area contributed by atoms with E-state index < -0.39 is 0 Å². The molecule has 0 radical (unpaired) electrons. The average Bonchev–Trinajstić information content (AvgIpc) is 2.38. The number of hydrogen-bond acceptors (Lipinski definition) is 1. The Kier molecular flexibility index (Phi) is 3.87. The number of alkyl halides is 1. The van der Waals surface area contributed by atoms with Gasteiger partial charge in [-0.3, -0.25) is 0 Å². The van der Waals surface area contributed by atoms with Crippen molar-refractivity contribution in [1.82, 2.24) is 0 Å². The summed E-state index contributed by atoms with van der Waals surface area (Å²) in [7, 11) is 1.85. The first-order valence-corrected chi connectivity index (χ1v) is 6.30. The van der Waals surface area contributed by atoms with E-state index in [-0.39, 0.29) is 5.82 Å². The Balaban J connectivity index is 2.46. The van der Waals surface area contributed by atoms with E-state index in [1.165, 1.54) is 6.07 Å². The summed E-state index contributed by atoms with van der Waals surface area (Å²) >= 11 is 5.95. The Bertz CT molecular complexity index is 554. The minimum absolute atomic E-state index is 0.235. The largest absolute Gasteiger partial charge is 0.342 e. The lowest BCUT2D eigenvalue weighted by molar-refractivity contribution is 0.627. The van der Waals surface area contributed by atoms with Crippen LogP contribution in [0.2, 0.25) is 0 Å². The van der Waals surface area contributed by atoms with Gasteiger partial charge in [-0.25, -0.2) is 4.39 Å². The molecule has 0 N–H and O–H groups in total. The third-order valence-corrected chi connectivity index (χ3v) is 3.24. The van der Waals surface area contributed by atoms with Gasteiger partial charge in [-0.1, -0.05) is 29.8 Å². The number of nitrogens with zero attached hydrogens (tertiary/aromatic N) is 1. The molecule has 2 aromatic carbocycles. The number of aryl methyl sites for hydroxylation is 1. The van der Waals surface area contributed by atoms with E-state index in [1.807, 2.05) is 43.1 Å². The van der Waals surface area contributed by atoms with Crippen molar-refractivity contribution in [3.63, 3.8) is 0 Å². The van der Waals surface area contributed by atoms with Crippen LogP contribution in [-0.4, -0.2) is 7.05 Å². The van der Waals surface area contributed by atoms with E-state index in [0.29, 0.717) is 11.6 Å². The summed E-state index contributed by atoms with van der Waals surface area (Å²) in [5, 5.41) is 0. The van der Waals surface area contributed by atoms with Gasteiger partial charge in [0.1, 0.15) is 5.82 Å². The molecule has 0 aromatic heterocycles. The molecule has 2 rings (SSSR count). The summed E-state index contributed by atoms with van der Waals surface area (Å²) in [5.74, 6) is 0.177. The van der Waals surface area contributed by atoms with E-state index in [2.05, 4.69) is 0 Å². The summed E-state index contributed by atoms with van der Waals surface area (Å²) in [4.78, 5) is 1.83. The molecule has 0 bridgehead atoms. The van der Waals surface area contributed by atoms with Crippen molar-refractivity contribution >= 4 is 23.0 Å². The summed E-state index contributed by atoms with van der Waals surface area (Å²) in [6, 6.07) is 12.7. The molecule has 0 spiro atoms. The SMILES string of the molecule is Cc1ccc(N(C)c2ccccc2F)c(CCl)c1. The van der Waals surface area contributed by atoms with Gasteiger partial charge in [0.25, 0.3) is 0 Å². The molecule has 2 aromatic rings. The van der Waals surface area contributed by atoms with Crippen LogP contribution in [0.5, 0.6) is 0 Å². The van der Waals surface area contributed by atoms with Crippen molar-refractivity contribution < 1.29 is 4.39 Å². The second-order valence-electron chi connectivity index (χ2n) is 4.28. The van der Waals surface area contributed by atoms with Crippen molar-refractivity contribution in [3.8, 4) is 0 Å². The lowest BCUT2D eigenvalue weighted by atomic mass is 10.1. The number of halogens is 2. The number of rotatable bonds is 3. The summed E-state index contributed by atoms with van der Waals surface area (Å²) in [6.07, 6.45) is 0. The highest BCUT2D eigenvalue weighted by molar-refractivity contribution is 6.17. The maximum atomic E-state index is 13.8. The van der Waals surface area contributed by atoms with Crippen molar-refractivity contribution in [3.05, 3.63) is 59.4 Å². The zero-order valence-electron chi connectivity index (χ0n) is 10.5. The number of hydrogen-bond donors (Lipinski definition) is 0. The molecule has 1 nitrogen and oxygen atoms in total. The topological polar surface area (TPSA) is 3.24 Å². The van der Waals surface area contributed by atoms with Crippen LogP contribution in [0.15, 0.2) is 42.5 Å². The molecular formula is C15H15ClFN. The van der Waals surface area contributed by atoms with Crippen molar-refractivity contribution in [1.29, 1.82) is 0 Å². The van der Waals surface area contributed by atoms with Gasteiger partial charge in [-0.05, 0) is 30.7 Å². The minimum Gasteiger partial charge on any atom is -0.342 e. The molecule has 3 heteroatoms. The molecule has 18 heavy (non-hydrogen) atoms. The Morgan fingerprint density at radius 2 is 1.83 bits per heavy atom. The zero-order chi connectivity index (χ0) is 13.1. The summed E-state index contributed by atoms with van der Waals surface area (Å²) in [6.45, 7) is 2.02. The second kappa shape index (κ2) is 5.40. The van der Waals surface area contributed by atoms with E-state index in [4.69, 9.17) is 11.6 Å². The van der Waals surface area contributed by atoms with E-state index in [9.17, 15) is 4.39 Å². The van der Waals surface area contributed by atoms with Crippen molar-refractivity contribution in [2.75, 3.05) is 11.9 Å². The Labute approximate surface area is 112 Å². The molecule has 94 valence electrons. The highest BCUT2D eigenvalue weighted by Gasteiger charge is 2.12. The molecule has 0 fully saturated rings. The van der Waals surface area contributed by atoms with Crippen LogP contribution in [0.1, 0.15) is 11.1 Å². The van der Waals surface area contributed by atoms with Crippen LogP contribution in [0, 0.1) is 12.7 Å². The molecule has 0 saturated carbocycles. The van der Waals surface area contributed by atoms with Crippen LogP contribution >= 0.6 is 11.6 Å². The van der Waals surface area contributed by atoms with Gasteiger partial charge in [-0.15, -0.1) is 11.6 Å². The van der Waals surface area contributed by atoms with Gasteiger partial charge in [0.15, 0.2) is 0 Å². The Hall–Kier alpha value is -1.54. The predicted molar refractivity (Wildman–Crippen MR) is 75.2 cm³/mol. The van der Waals surface area contributed by atoms with Gasteiger partial charge >= 0.3 is 0 Å². The van der Waals surface area contributed by atoms with Crippen molar-refractivity contribution in [2.45, 2.75) is 12.8 Å². The van der Waals surface area contributed by atoms with Gasteiger partial charge < -0.3 is 4.90 Å². The smallest absolute Gasteiger partial charge is 0.146 e. The molecule has 0 amide bonds. The van der Waals surface area contributed by atoms with E-state index in [0.717, 1.165) is 16.8 Å². The lowest BCUT2D eigenvalue weighted by Gasteiger charge is -2.22. The predicted octanol–water partition coefficient (Wildman–Crippen LogP) is 4.64. The van der Waals surface area contributed by atoms with Crippen LogP contribution in [0.4, 0.5) is 15.8 Å². The van der Waals surface area contributed by atoms with Crippen LogP contribution in [0.3, 0.4) is 0 Å². The lowest BCUT2D eigenvalue weighted by Crippen LogP contribution is -2.13. The van der Waals surface area contributed by atoms with E-state index >= 15 is 0 Å². The van der Waals surface area contributed by atoms with E-state index in [1.54, 1.807) is 12.1 Å². The maximum Gasteiger partial charge on any atom is 0.146 e. The van der Waals surface area contributed by atoms with Crippen LogP contribution < -0.4 is 4.90 Å². The first-order chi connectivity index (χ1) is 8.63. The molecule has 0 aliphatic rings. The van der Waals surface area contributed by atoms with Crippen LogP contribution in [0.25, 0.3) is 0 Å². The molecule has 0 aliphatic heterocycles. The Morgan fingerprint density at radius 3 is 2.50 bits per heavy atom. The third kappa shape index (κ3) is 2.49. The van der Waals surface area contributed by atoms with Gasteiger partial charge in [0.2, 0.25) is 0 Å². The molecule has 0 saturated heterocycles. The monoisotopic (exact) mass is 263 g/mol. The van der Waals surface area contributed by atoms with Gasteiger partial charge in [0, 0.05) is 18.6 Å². The Morgan fingerprint density at radius 1 is 1.11 bits per heavy atom. The highest BCUT2D eigenvalue weighted by Crippen LogP contribution is 2.30. The number of para-hydroxylation sites is 1. The summed E-state index contributed by atoms with van der Waals surface area (Å²) < 4.78 is 13.8. The molecule has 0 unspecified atom stereocenters. The highest BCUT2D eigenvalue weighted by atomic mass is 35.5.